The molecule has 6 rings (SSSR count). The molecule has 0 radical (unpaired) electrons. The number of rotatable bonds is 5. The molecule has 35 heavy (non-hydrogen) atoms. The molecule has 2 aromatic carbocycles. The van der Waals surface area contributed by atoms with Crippen molar-refractivity contribution in [3.8, 4) is 23.1 Å². The van der Waals surface area contributed by atoms with E-state index in [1.807, 2.05) is 12.1 Å². The number of halogens is 2. The van der Waals surface area contributed by atoms with Crippen molar-refractivity contribution in [2.75, 3.05) is 25.9 Å². The Balaban J connectivity index is 1.52. The van der Waals surface area contributed by atoms with Gasteiger partial charge < -0.3 is 15.4 Å². The van der Waals surface area contributed by atoms with Crippen LogP contribution in [0.1, 0.15) is 42.7 Å². The number of nitrogen functional groups attached to an aromatic ring is 1. The van der Waals surface area contributed by atoms with E-state index >= 15 is 4.39 Å². The number of likely N-dealkylation sites (tertiary alicyclic amines) is 1. The van der Waals surface area contributed by atoms with Crippen LogP contribution in [0.5, 0.6) is 5.88 Å². The number of hydrogen-bond donors (Lipinski definition) is 1. The molecule has 2 aliphatic rings. The SMILES string of the molecule is CN1CCC[C@H]1COc1ccc2cc(C3CC3)c(-c3ccc(F)c4sc(N)c(C#N)c34)c(F)c2n1. The van der Waals surface area contributed by atoms with Crippen LogP contribution in [-0.4, -0.2) is 36.1 Å². The number of aromatic nitrogens is 1. The molecule has 0 unspecified atom stereocenters. The van der Waals surface area contributed by atoms with Crippen LogP contribution in [0.3, 0.4) is 0 Å². The van der Waals surface area contributed by atoms with Crippen LogP contribution in [0.2, 0.25) is 0 Å². The number of ether oxygens (including phenoxy) is 1. The highest BCUT2D eigenvalue weighted by atomic mass is 32.1. The van der Waals surface area contributed by atoms with Gasteiger partial charge in [0.2, 0.25) is 5.88 Å². The molecule has 0 amide bonds. The predicted molar refractivity (Wildman–Crippen MR) is 135 cm³/mol. The summed E-state index contributed by atoms with van der Waals surface area (Å²) in [7, 11) is 2.08. The predicted octanol–water partition coefficient (Wildman–Crippen LogP) is 6.20. The maximum atomic E-state index is 16.3. The molecule has 2 fully saturated rings. The van der Waals surface area contributed by atoms with Gasteiger partial charge in [-0.15, -0.1) is 11.3 Å². The Bertz CT molecular complexity index is 1520. The monoisotopic (exact) mass is 490 g/mol. The van der Waals surface area contributed by atoms with Crippen LogP contribution in [-0.2, 0) is 0 Å². The van der Waals surface area contributed by atoms with Crippen molar-refractivity contribution in [2.24, 2.45) is 0 Å². The number of pyridine rings is 1. The molecule has 0 spiro atoms. The molecule has 4 aromatic rings. The van der Waals surface area contributed by atoms with E-state index in [2.05, 4.69) is 23.0 Å². The Morgan fingerprint density at radius 1 is 1.23 bits per heavy atom. The summed E-state index contributed by atoms with van der Waals surface area (Å²) in [5, 5.41) is 11.0. The third-order valence-corrected chi connectivity index (χ3v) is 8.27. The van der Waals surface area contributed by atoms with E-state index in [1.165, 1.54) is 6.07 Å². The van der Waals surface area contributed by atoms with Crippen molar-refractivity contribution in [2.45, 2.75) is 37.6 Å². The summed E-state index contributed by atoms with van der Waals surface area (Å²) in [6.07, 6.45) is 4.13. The van der Waals surface area contributed by atoms with E-state index in [0.717, 1.165) is 49.1 Å². The van der Waals surface area contributed by atoms with Crippen LogP contribution in [0.4, 0.5) is 13.8 Å². The number of nitriles is 1. The van der Waals surface area contributed by atoms with Crippen molar-refractivity contribution in [3.05, 3.63) is 53.1 Å². The number of benzene rings is 2. The fourth-order valence-electron chi connectivity index (χ4n) is 5.18. The topological polar surface area (TPSA) is 75.2 Å². The van der Waals surface area contributed by atoms with Crippen LogP contribution in [0.25, 0.3) is 32.1 Å². The highest BCUT2D eigenvalue weighted by Crippen LogP contribution is 2.50. The van der Waals surface area contributed by atoms with Crippen molar-refractivity contribution in [3.63, 3.8) is 0 Å². The first-order chi connectivity index (χ1) is 17.0. The summed E-state index contributed by atoms with van der Waals surface area (Å²) in [4.78, 5) is 6.80. The Labute approximate surface area is 205 Å². The maximum Gasteiger partial charge on any atom is 0.213 e. The summed E-state index contributed by atoms with van der Waals surface area (Å²) >= 11 is 1.02. The van der Waals surface area contributed by atoms with Crippen molar-refractivity contribution >= 4 is 37.3 Å². The fourth-order valence-corrected chi connectivity index (χ4v) is 6.13. The molecular weight excluding hydrogens is 466 g/mol. The summed E-state index contributed by atoms with van der Waals surface area (Å²) in [6, 6.07) is 10.9. The zero-order chi connectivity index (χ0) is 24.3. The van der Waals surface area contributed by atoms with E-state index in [9.17, 15) is 9.65 Å². The molecule has 8 heteroatoms. The van der Waals surface area contributed by atoms with Gasteiger partial charge in [0.25, 0.3) is 0 Å². The minimum Gasteiger partial charge on any atom is -0.476 e. The Morgan fingerprint density at radius 2 is 2.06 bits per heavy atom. The van der Waals surface area contributed by atoms with Crippen LogP contribution in [0, 0.1) is 23.0 Å². The second-order valence-electron chi connectivity index (χ2n) is 9.49. The van der Waals surface area contributed by atoms with Crippen LogP contribution in [0.15, 0.2) is 30.3 Å². The number of nitrogens with zero attached hydrogens (tertiary/aromatic N) is 3. The summed E-state index contributed by atoms with van der Waals surface area (Å²) in [6.45, 7) is 1.55. The van der Waals surface area contributed by atoms with Gasteiger partial charge in [-0.3, -0.25) is 0 Å². The maximum absolute atomic E-state index is 16.3. The average molecular weight is 491 g/mol. The van der Waals surface area contributed by atoms with Gasteiger partial charge in [-0.1, -0.05) is 6.07 Å². The standard InChI is InChI=1S/C27H24F2N4OS/c1-33-10-2-3-16(33)13-34-21-9-6-15-11-18(14-4-5-14)22(24(29)25(15)32-21)17-7-8-20(28)26-23(17)19(12-30)27(31)35-26/h6-9,11,14,16H,2-5,10,13,31H2,1H3/t16-/m0/s1. The smallest absolute Gasteiger partial charge is 0.213 e. The second-order valence-corrected chi connectivity index (χ2v) is 10.5. The second kappa shape index (κ2) is 8.43. The molecule has 5 nitrogen and oxygen atoms in total. The minimum atomic E-state index is -0.477. The number of nitrogens with two attached hydrogens (primary N) is 1. The lowest BCUT2D eigenvalue weighted by Crippen LogP contribution is -2.30. The van der Waals surface area contributed by atoms with E-state index < -0.39 is 11.6 Å². The lowest BCUT2D eigenvalue weighted by Gasteiger charge is -2.19. The van der Waals surface area contributed by atoms with Crippen LogP contribution >= 0.6 is 11.3 Å². The quantitative estimate of drug-likeness (QED) is 0.361. The van der Waals surface area contributed by atoms with Gasteiger partial charge in [-0.25, -0.2) is 13.8 Å². The van der Waals surface area contributed by atoms with E-state index in [1.54, 1.807) is 12.1 Å². The number of thiophene rings is 1. The first-order valence-electron chi connectivity index (χ1n) is 11.8. The first-order valence-corrected chi connectivity index (χ1v) is 12.6. The number of fused-ring (bicyclic) bond motifs is 2. The molecule has 0 bridgehead atoms. The molecule has 3 heterocycles. The van der Waals surface area contributed by atoms with E-state index in [-0.39, 0.29) is 26.7 Å². The molecule has 1 atom stereocenters. The van der Waals surface area contributed by atoms with Crippen molar-refractivity contribution in [1.82, 2.24) is 9.88 Å². The van der Waals surface area contributed by atoms with Gasteiger partial charge >= 0.3 is 0 Å². The molecular formula is C27H24F2N4OS. The molecule has 1 saturated carbocycles. The third-order valence-electron chi connectivity index (χ3n) is 7.24. The number of likely N-dealkylation sites (N-methyl/N-ethyl adjacent to an activating group) is 1. The molecule has 1 saturated heterocycles. The highest BCUT2D eigenvalue weighted by Gasteiger charge is 2.31. The third kappa shape index (κ3) is 3.70. The molecule has 2 aromatic heterocycles. The Kier molecular flexibility index (Phi) is 5.35. The number of hydrogen-bond acceptors (Lipinski definition) is 6. The van der Waals surface area contributed by atoms with Gasteiger partial charge in [0.1, 0.15) is 29.0 Å². The summed E-state index contributed by atoms with van der Waals surface area (Å²) < 4.78 is 37.2. The van der Waals surface area contributed by atoms with Crippen molar-refractivity contribution < 1.29 is 13.5 Å². The van der Waals surface area contributed by atoms with E-state index in [0.29, 0.717) is 40.4 Å². The van der Waals surface area contributed by atoms with Gasteiger partial charge in [0, 0.05) is 28.4 Å². The normalized spacial score (nSPS) is 18.4. The van der Waals surface area contributed by atoms with Crippen LogP contribution < -0.4 is 10.5 Å². The molecule has 1 aliphatic heterocycles. The lowest BCUT2D eigenvalue weighted by molar-refractivity contribution is 0.193. The molecule has 1 aliphatic carbocycles. The minimum absolute atomic E-state index is 0.187. The van der Waals surface area contributed by atoms with Crippen molar-refractivity contribution in [1.29, 1.82) is 5.26 Å². The highest BCUT2D eigenvalue weighted by molar-refractivity contribution is 7.23. The molecule has 2 N–H and O–H groups in total. The Morgan fingerprint density at radius 3 is 2.77 bits per heavy atom. The van der Waals surface area contributed by atoms with E-state index in [4.69, 9.17) is 10.5 Å². The zero-order valence-electron chi connectivity index (χ0n) is 19.3. The number of anilines is 1. The summed E-state index contributed by atoms with van der Waals surface area (Å²) in [5.41, 5.74) is 8.15. The van der Waals surface area contributed by atoms with Gasteiger partial charge in [0.15, 0.2) is 5.82 Å². The largest absolute Gasteiger partial charge is 0.476 e. The summed E-state index contributed by atoms with van der Waals surface area (Å²) in [5.74, 6) is -0.348. The Hall–Kier alpha value is -3.28. The fraction of sp³-hybridized carbons (Fsp3) is 0.333. The first kappa shape index (κ1) is 22.2. The van der Waals surface area contributed by atoms with Gasteiger partial charge in [-0.05, 0) is 74.5 Å². The van der Waals surface area contributed by atoms with Gasteiger partial charge in [-0.2, -0.15) is 5.26 Å². The zero-order valence-corrected chi connectivity index (χ0v) is 20.1. The molecule has 178 valence electrons. The average Bonchev–Trinajstić information content (AvgIpc) is 3.53. The lowest BCUT2D eigenvalue weighted by atomic mass is 9.91. The van der Waals surface area contributed by atoms with Gasteiger partial charge in [0.05, 0.1) is 10.3 Å².